The number of nitrogens with two attached hydrogens (primary N) is 1. The molecule has 0 radical (unpaired) electrons. The van der Waals surface area contributed by atoms with Gasteiger partial charge in [0.2, 0.25) is 5.91 Å². The lowest BCUT2D eigenvalue weighted by Crippen LogP contribution is -2.37. The van der Waals surface area contributed by atoms with Crippen molar-refractivity contribution in [1.82, 2.24) is 15.3 Å². The number of carbonyl (C=O) groups excluding carboxylic acids is 1. The van der Waals surface area contributed by atoms with Crippen LogP contribution in [0.25, 0.3) is 0 Å². The number of imidazole rings is 1. The smallest absolute Gasteiger partial charge is 0.248 e. The number of amidine groups is 1. The largest absolute Gasteiger partial charge is 0.479 e. The average Bonchev–Trinajstić information content (AvgIpc) is 3.89. The fourth-order valence-electron chi connectivity index (χ4n) is 5.44. The minimum absolute atomic E-state index is 0.201. The maximum atomic E-state index is 11.4. The maximum Gasteiger partial charge on any atom is 0.248 e. The number of ether oxygens (including phenoxy) is 1. The van der Waals surface area contributed by atoms with E-state index < -0.39 is 12.0 Å². The number of carbonyl (C=O) groups is 1. The fourth-order valence-corrected chi connectivity index (χ4v) is 6.81. The van der Waals surface area contributed by atoms with Crippen molar-refractivity contribution in [3.63, 3.8) is 0 Å². The van der Waals surface area contributed by atoms with Gasteiger partial charge in [0.25, 0.3) is 0 Å². The highest BCUT2D eigenvalue weighted by atomic mass is 35.5. The van der Waals surface area contributed by atoms with E-state index in [0.717, 1.165) is 29.3 Å². The summed E-state index contributed by atoms with van der Waals surface area (Å²) in [5, 5.41) is 9.54. The van der Waals surface area contributed by atoms with Crippen molar-refractivity contribution in [3.8, 4) is 5.75 Å². The second kappa shape index (κ2) is 17.7. The van der Waals surface area contributed by atoms with Crippen molar-refractivity contribution in [2.24, 2.45) is 10.7 Å². The maximum absolute atomic E-state index is 11.4. The Balaban J connectivity index is 0.000000209. The van der Waals surface area contributed by atoms with Crippen LogP contribution in [0, 0.1) is 13.8 Å². The second-order valence-electron chi connectivity index (χ2n) is 10.8. The number of para-hydroxylation sites is 1. The number of hydrogen-bond acceptors (Lipinski definition) is 7. The van der Waals surface area contributed by atoms with Crippen molar-refractivity contribution in [3.05, 3.63) is 133 Å². The van der Waals surface area contributed by atoms with Crippen LogP contribution in [-0.4, -0.2) is 48.0 Å². The molecule has 5 aromatic rings. The van der Waals surface area contributed by atoms with Crippen LogP contribution >= 0.6 is 34.5 Å². The van der Waals surface area contributed by atoms with E-state index in [-0.39, 0.29) is 5.92 Å². The third-order valence-electron chi connectivity index (χ3n) is 7.66. The predicted molar refractivity (Wildman–Crippen MR) is 201 cm³/mol. The zero-order valence-corrected chi connectivity index (χ0v) is 30.1. The average molecular weight is 706 g/mol. The van der Waals surface area contributed by atoms with E-state index >= 15 is 0 Å². The Kier molecular flexibility index (Phi) is 13.5. The molecule has 1 amide bonds. The first kappa shape index (κ1) is 36.5. The summed E-state index contributed by atoms with van der Waals surface area (Å²) in [6, 6.07) is 20.9. The molecule has 11 heteroatoms. The standard InChI is InChI=1S/C18H17Cl2N3O2.C17H19N3S.C2H6/c19-13-5-2-6-14(20)16(13)25-15(18-22-7-8-23-18)10-11-3-1-4-12(9-11)17(21)24;1-11-9-21-12(2)16(11)17(15-8-19-10-20-15)13-5-4-6-14(7-13)18-3;1-2/h1-6,9,15H,7-8,10H2,(H2,21,24)(H,22,23);4-10,17-18H,1-3H3,(H,19,20);1-2H3. The molecule has 3 aromatic carbocycles. The van der Waals surface area contributed by atoms with Crippen LogP contribution in [0.15, 0.2) is 89.6 Å². The molecule has 5 N–H and O–H groups in total. The lowest BCUT2D eigenvalue weighted by Gasteiger charge is -2.21. The first-order valence-corrected chi connectivity index (χ1v) is 17.5. The molecule has 3 heterocycles. The van der Waals surface area contributed by atoms with Gasteiger partial charge in [0.1, 0.15) is 5.84 Å². The molecule has 252 valence electrons. The molecule has 0 fully saturated rings. The van der Waals surface area contributed by atoms with Gasteiger partial charge >= 0.3 is 0 Å². The summed E-state index contributed by atoms with van der Waals surface area (Å²) in [5.41, 5.74) is 13.0. The van der Waals surface area contributed by atoms with Crippen LogP contribution in [0.5, 0.6) is 5.75 Å². The number of aliphatic imine (C=N–C) groups is 1. The molecule has 2 unspecified atom stereocenters. The monoisotopic (exact) mass is 704 g/mol. The summed E-state index contributed by atoms with van der Waals surface area (Å²) in [6.07, 6.45) is 3.77. The van der Waals surface area contributed by atoms with E-state index in [1.165, 1.54) is 21.6 Å². The third kappa shape index (κ3) is 9.18. The number of rotatable bonds is 10. The third-order valence-corrected chi connectivity index (χ3v) is 9.30. The van der Waals surface area contributed by atoms with Gasteiger partial charge in [-0.25, -0.2) is 4.98 Å². The molecule has 2 atom stereocenters. The molecule has 1 aliphatic heterocycles. The molecular weight excluding hydrogens is 663 g/mol. The first-order valence-electron chi connectivity index (χ1n) is 15.8. The molecule has 0 aliphatic carbocycles. The second-order valence-corrected chi connectivity index (χ2v) is 12.7. The number of nitrogens with zero attached hydrogens (tertiary/aromatic N) is 2. The van der Waals surface area contributed by atoms with Gasteiger partial charge in [-0.3, -0.25) is 9.79 Å². The van der Waals surface area contributed by atoms with Gasteiger partial charge < -0.3 is 26.1 Å². The fraction of sp³-hybridized carbons (Fsp3) is 0.270. The number of aryl methyl sites for hydroxylation is 2. The summed E-state index contributed by atoms with van der Waals surface area (Å²) in [4.78, 5) is 24.7. The number of nitrogens with one attached hydrogen (secondary N) is 3. The molecule has 0 saturated carbocycles. The molecule has 8 nitrogen and oxygen atoms in total. The number of anilines is 1. The van der Waals surface area contributed by atoms with Crippen LogP contribution in [0.1, 0.15) is 62.9 Å². The molecule has 2 aromatic heterocycles. The zero-order valence-electron chi connectivity index (χ0n) is 27.8. The first-order chi connectivity index (χ1) is 23.2. The van der Waals surface area contributed by atoms with E-state index in [4.69, 9.17) is 33.7 Å². The van der Waals surface area contributed by atoms with Gasteiger partial charge in [-0.1, -0.05) is 67.4 Å². The molecule has 6 rings (SSSR count). The molecule has 0 spiro atoms. The van der Waals surface area contributed by atoms with Crippen LogP contribution in [0.4, 0.5) is 5.69 Å². The number of aromatic amines is 1. The highest BCUT2D eigenvalue weighted by molar-refractivity contribution is 7.10. The number of primary amides is 1. The minimum Gasteiger partial charge on any atom is -0.479 e. The normalized spacial score (nSPS) is 13.1. The highest BCUT2D eigenvalue weighted by Gasteiger charge is 2.25. The predicted octanol–water partition coefficient (Wildman–Crippen LogP) is 8.42. The lowest BCUT2D eigenvalue weighted by atomic mass is 9.87. The topological polar surface area (TPSA) is 117 Å². The van der Waals surface area contributed by atoms with E-state index in [9.17, 15) is 4.79 Å². The van der Waals surface area contributed by atoms with Crippen molar-refractivity contribution in [2.45, 2.75) is 46.1 Å². The van der Waals surface area contributed by atoms with Crippen molar-refractivity contribution >= 4 is 52.0 Å². The number of hydrogen-bond donors (Lipinski definition) is 4. The number of aromatic nitrogens is 2. The van der Waals surface area contributed by atoms with E-state index in [1.807, 2.05) is 44.5 Å². The van der Waals surface area contributed by atoms with Gasteiger partial charge in [-0.05, 0) is 77.9 Å². The summed E-state index contributed by atoms with van der Waals surface area (Å²) in [5.74, 6) is 0.885. The van der Waals surface area contributed by atoms with E-state index in [2.05, 4.69) is 69.1 Å². The Hall–Kier alpha value is -4.31. The number of H-pyrrole nitrogens is 1. The SMILES string of the molecule is CC.CNc1cccc(C(c2cnc[nH]2)c2c(C)csc2C)c1.NC(=O)c1cccc(CC(Oc2c(Cl)cccc2Cl)C2=NCCN2)c1. The minimum atomic E-state index is -0.468. The summed E-state index contributed by atoms with van der Waals surface area (Å²) in [6.45, 7) is 9.82. The van der Waals surface area contributed by atoms with Gasteiger partial charge in [0.05, 0.1) is 28.8 Å². The van der Waals surface area contributed by atoms with Crippen molar-refractivity contribution in [1.29, 1.82) is 0 Å². The van der Waals surface area contributed by atoms with Crippen molar-refractivity contribution < 1.29 is 9.53 Å². The number of halogens is 2. The van der Waals surface area contributed by atoms with Crippen LogP contribution < -0.4 is 21.1 Å². The van der Waals surface area contributed by atoms with Crippen LogP contribution in [0.2, 0.25) is 10.0 Å². The summed E-state index contributed by atoms with van der Waals surface area (Å²) >= 11 is 14.2. The van der Waals surface area contributed by atoms with Gasteiger partial charge in [0.15, 0.2) is 11.9 Å². The lowest BCUT2D eigenvalue weighted by molar-refractivity contribution is 0.1000. The zero-order chi connectivity index (χ0) is 34.6. The number of thiophene rings is 1. The summed E-state index contributed by atoms with van der Waals surface area (Å²) in [7, 11) is 1.95. The molecular formula is C37H42Cl2N6O2S. The van der Waals surface area contributed by atoms with Crippen LogP contribution in [-0.2, 0) is 6.42 Å². The molecule has 0 bridgehead atoms. The van der Waals surface area contributed by atoms with Gasteiger partial charge in [-0.2, -0.15) is 0 Å². The quantitative estimate of drug-likeness (QED) is 0.116. The Morgan fingerprint density at radius 1 is 1.06 bits per heavy atom. The molecule has 0 saturated heterocycles. The highest BCUT2D eigenvalue weighted by Crippen LogP contribution is 2.38. The number of benzene rings is 3. The Labute approximate surface area is 296 Å². The molecule has 48 heavy (non-hydrogen) atoms. The number of amides is 1. The van der Waals surface area contributed by atoms with Crippen molar-refractivity contribution in [2.75, 3.05) is 25.5 Å². The Morgan fingerprint density at radius 2 is 1.79 bits per heavy atom. The Morgan fingerprint density at radius 3 is 2.40 bits per heavy atom. The van der Waals surface area contributed by atoms with E-state index in [0.29, 0.717) is 34.3 Å². The van der Waals surface area contributed by atoms with Gasteiger partial charge in [0, 0.05) is 48.0 Å². The molecule has 1 aliphatic rings. The van der Waals surface area contributed by atoms with Gasteiger partial charge in [-0.15, -0.1) is 11.3 Å². The summed E-state index contributed by atoms with van der Waals surface area (Å²) < 4.78 is 6.09. The van der Waals surface area contributed by atoms with Crippen LogP contribution in [0.3, 0.4) is 0 Å². The Bertz CT molecular complexity index is 1780. The van der Waals surface area contributed by atoms with E-state index in [1.54, 1.807) is 42.7 Å².